The zero-order valence-corrected chi connectivity index (χ0v) is 25.4. The zero-order chi connectivity index (χ0) is 25.5. The van der Waals surface area contributed by atoms with Crippen molar-refractivity contribution >= 4 is 41.8 Å². The Hall–Kier alpha value is -1.89. The normalized spacial score (nSPS) is 11.7. The van der Waals surface area contributed by atoms with Crippen LogP contribution in [-0.4, -0.2) is 37.8 Å². The molecule has 2 aromatic rings. The number of benzene rings is 2. The number of hydrogen-bond acceptors (Lipinski definition) is 5. The van der Waals surface area contributed by atoms with Gasteiger partial charge in [-0.25, -0.2) is 0 Å². The number of rotatable bonds is 16. The molecule has 0 spiro atoms. The van der Waals surface area contributed by atoms with E-state index in [-0.39, 0.29) is 5.97 Å². The van der Waals surface area contributed by atoms with Gasteiger partial charge in [-0.15, -0.1) is 0 Å². The van der Waals surface area contributed by atoms with E-state index in [1.165, 1.54) is 5.69 Å². The van der Waals surface area contributed by atoms with Gasteiger partial charge in [-0.3, -0.25) is 0 Å². The number of nitrogens with zero attached hydrogens (tertiary/aromatic N) is 3. The summed E-state index contributed by atoms with van der Waals surface area (Å²) in [6, 6.07) is 15.5. The van der Waals surface area contributed by atoms with Gasteiger partial charge in [0.1, 0.15) is 0 Å². The molecule has 0 atom stereocenters. The van der Waals surface area contributed by atoms with Gasteiger partial charge in [0.15, 0.2) is 0 Å². The van der Waals surface area contributed by atoms with Crippen LogP contribution in [0.2, 0.25) is 13.3 Å². The maximum absolute atomic E-state index is 13.5. The average molecular weight is 586 g/mol. The van der Waals surface area contributed by atoms with E-state index in [4.69, 9.17) is 3.07 Å². The van der Waals surface area contributed by atoms with Gasteiger partial charge in [-0.2, -0.15) is 0 Å². The van der Waals surface area contributed by atoms with Gasteiger partial charge in [0.05, 0.1) is 0 Å². The second-order valence-corrected chi connectivity index (χ2v) is 20.9. The Balaban J connectivity index is 2.25. The number of hydrogen-bond donors (Lipinski definition) is 0. The van der Waals surface area contributed by atoms with Crippen molar-refractivity contribution < 1.29 is 7.87 Å². The van der Waals surface area contributed by atoms with Crippen molar-refractivity contribution in [2.75, 3.05) is 18.0 Å². The minimum absolute atomic E-state index is 0.199. The molecule has 5 nitrogen and oxygen atoms in total. The van der Waals surface area contributed by atoms with E-state index in [0.29, 0.717) is 11.3 Å². The fourth-order valence-electron chi connectivity index (χ4n) is 4.44. The fourth-order valence-corrected chi connectivity index (χ4v) is 17.4. The Morgan fingerprint density at radius 2 is 1.31 bits per heavy atom. The van der Waals surface area contributed by atoms with Crippen LogP contribution in [0.5, 0.6) is 0 Å². The van der Waals surface area contributed by atoms with Gasteiger partial charge >= 0.3 is 205 Å². The zero-order valence-electron chi connectivity index (χ0n) is 22.6. The van der Waals surface area contributed by atoms with Gasteiger partial charge in [0.25, 0.3) is 0 Å². The molecule has 2 rings (SSSR count). The summed E-state index contributed by atoms with van der Waals surface area (Å²) in [6.07, 6.45) is 6.90. The summed E-state index contributed by atoms with van der Waals surface area (Å²) in [5, 5.41) is 8.90. The van der Waals surface area contributed by atoms with Crippen molar-refractivity contribution in [1.82, 2.24) is 0 Å². The third-order valence-electron chi connectivity index (χ3n) is 6.64. The number of unbranched alkanes of at least 4 members (excludes halogenated alkanes) is 3. The Bertz CT molecular complexity index is 889. The van der Waals surface area contributed by atoms with Gasteiger partial charge in [-0.1, -0.05) is 0 Å². The van der Waals surface area contributed by atoms with Crippen LogP contribution in [0.4, 0.5) is 17.1 Å². The Kier molecular flexibility index (Phi) is 13.4. The van der Waals surface area contributed by atoms with E-state index < -0.39 is 18.8 Å². The van der Waals surface area contributed by atoms with E-state index in [1.807, 2.05) is 36.4 Å². The SMILES string of the molecule is CCC[CH2][Sn]([CH2]CCC)([CH2]CCC)[O]C(=O)c1ccccc1N=Nc1ccc(N(CC)CC)cc1. The summed E-state index contributed by atoms with van der Waals surface area (Å²) < 4.78 is 9.93. The van der Waals surface area contributed by atoms with Crippen LogP contribution < -0.4 is 4.90 Å². The molecule has 0 aliphatic rings. The first-order valence-electron chi connectivity index (χ1n) is 13.6. The molecule has 2 aromatic carbocycles. The second-order valence-electron chi connectivity index (χ2n) is 9.29. The summed E-state index contributed by atoms with van der Waals surface area (Å²) in [6.45, 7) is 12.9. The quantitative estimate of drug-likeness (QED) is 0.145. The summed E-state index contributed by atoms with van der Waals surface area (Å²) >= 11 is -3.07. The molecule has 0 amide bonds. The fraction of sp³-hybridized carbons (Fsp3) is 0.552. The third-order valence-corrected chi connectivity index (χ3v) is 19.2. The molecule has 0 N–H and O–H groups in total. The van der Waals surface area contributed by atoms with Crippen molar-refractivity contribution in [2.45, 2.75) is 86.5 Å². The first-order chi connectivity index (χ1) is 17.0. The van der Waals surface area contributed by atoms with Gasteiger partial charge < -0.3 is 0 Å². The molecule has 0 saturated heterocycles. The molecule has 0 fully saturated rings. The molecule has 6 heteroatoms. The number of carbonyl (C=O) groups is 1. The molecule has 192 valence electrons. The summed E-state index contributed by atoms with van der Waals surface area (Å²) in [5.74, 6) is -0.199. The van der Waals surface area contributed by atoms with Gasteiger partial charge in [-0.05, 0) is 13.8 Å². The van der Waals surface area contributed by atoms with Crippen molar-refractivity contribution in [1.29, 1.82) is 0 Å². The molecule has 35 heavy (non-hydrogen) atoms. The average Bonchev–Trinajstić information content (AvgIpc) is 2.89. The molecule has 0 aliphatic carbocycles. The van der Waals surface area contributed by atoms with Crippen molar-refractivity contribution in [2.24, 2.45) is 10.2 Å². The van der Waals surface area contributed by atoms with Crippen LogP contribution in [0.15, 0.2) is 58.8 Å². The predicted molar refractivity (Wildman–Crippen MR) is 151 cm³/mol. The van der Waals surface area contributed by atoms with Crippen LogP contribution in [0.25, 0.3) is 0 Å². The summed E-state index contributed by atoms with van der Waals surface area (Å²) in [5.41, 5.74) is 3.05. The molecule has 0 unspecified atom stereocenters. The summed E-state index contributed by atoms with van der Waals surface area (Å²) in [7, 11) is 0. The van der Waals surface area contributed by atoms with Crippen molar-refractivity contribution in [3.05, 3.63) is 54.1 Å². The third kappa shape index (κ3) is 9.25. The minimum atomic E-state index is -3.07. The van der Waals surface area contributed by atoms with Gasteiger partial charge in [0.2, 0.25) is 0 Å². The topological polar surface area (TPSA) is 54.3 Å². The Morgan fingerprint density at radius 1 is 0.771 bits per heavy atom. The molecule has 0 aliphatic heterocycles. The molecule has 0 radical (unpaired) electrons. The van der Waals surface area contributed by atoms with E-state index in [1.54, 1.807) is 0 Å². The molecule has 0 saturated carbocycles. The molecular weight excluding hydrogens is 541 g/mol. The Morgan fingerprint density at radius 3 is 1.83 bits per heavy atom. The first kappa shape index (κ1) is 29.3. The van der Waals surface area contributed by atoms with E-state index in [0.717, 1.165) is 70.6 Å². The van der Waals surface area contributed by atoms with Crippen LogP contribution >= 0.6 is 0 Å². The standard InChI is InChI=1S/C17H19N3O2.3C4H9.Sn/c1-3-20(4-2)14-11-9-13(10-12-14)18-19-16-8-6-5-7-15(16)17(21)22;3*1-3-4-2;/h5-12H,3-4H2,1-2H3,(H,21,22);3*1,3-4H2,2H3;/q;;;;+1/p-1. The van der Waals surface area contributed by atoms with Crippen LogP contribution in [0.1, 0.15) is 83.5 Å². The van der Waals surface area contributed by atoms with Crippen molar-refractivity contribution in [3.63, 3.8) is 0 Å². The van der Waals surface area contributed by atoms with E-state index >= 15 is 0 Å². The first-order valence-corrected chi connectivity index (χ1v) is 20.8. The monoisotopic (exact) mass is 587 g/mol. The second kappa shape index (κ2) is 16.0. The number of azo groups is 1. The molecule has 0 heterocycles. The molecular formula is C29H45N3O2Sn. The van der Waals surface area contributed by atoms with Crippen LogP contribution in [0.3, 0.4) is 0 Å². The van der Waals surface area contributed by atoms with Crippen LogP contribution in [0, 0.1) is 0 Å². The van der Waals surface area contributed by atoms with Gasteiger partial charge in [0, 0.05) is 0 Å². The van der Waals surface area contributed by atoms with E-state index in [9.17, 15) is 4.79 Å². The Labute approximate surface area is 217 Å². The van der Waals surface area contributed by atoms with E-state index in [2.05, 4.69) is 61.9 Å². The number of carbonyl (C=O) groups excluding carboxylic acids is 1. The summed E-state index contributed by atoms with van der Waals surface area (Å²) in [4.78, 5) is 15.8. The molecule has 0 aromatic heterocycles. The maximum atomic E-state index is 13.5. The predicted octanol–water partition coefficient (Wildman–Crippen LogP) is 9.45. The molecule has 0 bridgehead atoms. The van der Waals surface area contributed by atoms with Crippen LogP contribution in [-0.2, 0) is 3.07 Å². The number of anilines is 1. The van der Waals surface area contributed by atoms with Crippen molar-refractivity contribution in [3.8, 4) is 0 Å².